The van der Waals surface area contributed by atoms with Gasteiger partial charge in [-0.25, -0.2) is 9.18 Å². The highest BCUT2D eigenvalue weighted by atomic mass is 19.1. The number of imide groups is 1. The molecule has 0 unspecified atom stereocenters. The Morgan fingerprint density at radius 3 is 2.62 bits per heavy atom. The maximum absolute atomic E-state index is 13.5. The van der Waals surface area contributed by atoms with Crippen LogP contribution in [0.4, 0.5) is 9.18 Å². The molecule has 3 rings (SSSR count). The molecule has 1 saturated heterocycles. The van der Waals surface area contributed by atoms with Gasteiger partial charge in [0.1, 0.15) is 11.4 Å². The van der Waals surface area contributed by atoms with E-state index in [1.807, 2.05) is 0 Å². The number of carbonyl (C=O) groups excluding carboxylic acids is 4. The fourth-order valence-corrected chi connectivity index (χ4v) is 3.68. The average molecular weight is 405 g/mol. The van der Waals surface area contributed by atoms with E-state index in [0.717, 1.165) is 24.2 Å². The molecule has 0 atom stereocenters. The fourth-order valence-electron chi connectivity index (χ4n) is 3.68. The van der Waals surface area contributed by atoms with E-state index in [9.17, 15) is 23.6 Å². The van der Waals surface area contributed by atoms with E-state index in [4.69, 9.17) is 4.74 Å². The molecule has 156 valence electrons. The van der Waals surface area contributed by atoms with Crippen molar-refractivity contribution in [2.75, 3.05) is 13.2 Å². The largest absolute Gasteiger partial charge is 0.456 e. The molecule has 1 aromatic carbocycles. The Balaban J connectivity index is 1.39. The molecule has 2 aliphatic rings. The predicted molar refractivity (Wildman–Crippen MR) is 99.9 cm³/mol. The Kier molecular flexibility index (Phi) is 6.46. The van der Waals surface area contributed by atoms with Crippen molar-refractivity contribution >= 4 is 23.8 Å². The van der Waals surface area contributed by atoms with E-state index in [0.29, 0.717) is 18.4 Å². The molecule has 1 spiro atoms. The van der Waals surface area contributed by atoms with Crippen LogP contribution in [0.25, 0.3) is 0 Å². The number of nitrogens with one attached hydrogen (secondary N) is 2. The Morgan fingerprint density at radius 2 is 1.90 bits per heavy atom. The highest BCUT2D eigenvalue weighted by Crippen LogP contribution is 2.33. The van der Waals surface area contributed by atoms with Gasteiger partial charge in [0.05, 0.1) is 6.42 Å². The molecule has 29 heavy (non-hydrogen) atoms. The molecular weight excluding hydrogens is 381 g/mol. The van der Waals surface area contributed by atoms with E-state index in [1.54, 1.807) is 18.2 Å². The van der Waals surface area contributed by atoms with Crippen LogP contribution in [0.1, 0.15) is 44.1 Å². The van der Waals surface area contributed by atoms with Crippen LogP contribution >= 0.6 is 0 Å². The Hall–Kier alpha value is -2.97. The molecule has 8 nitrogen and oxygen atoms in total. The van der Waals surface area contributed by atoms with Gasteiger partial charge >= 0.3 is 12.0 Å². The summed E-state index contributed by atoms with van der Waals surface area (Å²) in [6, 6.07) is 5.53. The lowest BCUT2D eigenvalue weighted by atomic mass is 9.82. The monoisotopic (exact) mass is 405 g/mol. The van der Waals surface area contributed by atoms with Crippen LogP contribution in [0.15, 0.2) is 24.3 Å². The summed E-state index contributed by atoms with van der Waals surface area (Å²) in [5.74, 6) is -2.00. The second kappa shape index (κ2) is 9.02. The molecule has 4 amide bonds. The van der Waals surface area contributed by atoms with E-state index in [2.05, 4.69) is 10.6 Å². The second-order valence-electron chi connectivity index (χ2n) is 7.31. The molecule has 0 bridgehead atoms. The number of rotatable bonds is 7. The van der Waals surface area contributed by atoms with Gasteiger partial charge < -0.3 is 15.4 Å². The highest BCUT2D eigenvalue weighted by molar-refractivity contribution is 6.07. The van der Waals surface area contributed by atoms with E-state index >= 15 is 0 Å². The molecule has 2 fully saturated rings. The predicted octanol–water partition coefficient (Wildman–Crippen LogP) is 1.63. The summed E-state index contributed by atoms with van der Waals surface area (Å²) in [5, 5.41) is 5.23. The summed E-state index contributed by atoms with van der Waals surface area (Å²) < 4.78 is 18.4. The summed E-state index contributed by atoms with van der Waals surface area (Å²) in [7, 11) is 0. The Bertz CT molecular complexity index is 807. The summed E-state index contributed by atoms with van der Waals surface area (Å²) in [6.07, 6.45) is 3.82. The molecule has 0 aromatic heterocycles. The van der Waals surface area contributed by atoms with E-state index in [-0.39, 0.29) is 25.4 Å². The molecular formula is C20H24FN3O5. The van der Waals surface area contributed by atoms with Gasteiger partial charge in [-0.2, -0.15) is 0 Å². The van der Waals surface area contributed by atoms with Crippen molar-refractivity contribution in [1.29, 1.82) is 0 Å². The van der Waals surface area contributed by atoms with Gasteiger partial charge in [0, 0.05) is 18.7 Å². The first-order valence-corrected chi connectivity index (χ1v) is 9.71. The number of benzene rings is 1. The zero-order valence-corrected chi connectivity index (χ0v) is 16.0. The molecule has 9 heteroatoms. The number of hydrogen-bond acceptors (Lipinski definition) is 5. The minimum atomic E-state index is -0.828. The van der Waals surface area contributed by atoms with Crippen LogP contribution in [0.5, 0.6) is 0 Å². The van der Waals surface area contributed by atoms with Crippen molar-refractivity contribution in [3.8, 4) is 0 Å². The quantitative estimate of drug-likeness (QED) is 0.530. The number of ether oxygens (including phenoxy) is 1. The van der Waals surface area contributed by atoms with Crippen LogP contribution in [-0.2, 0) is 25.7 Å². The van der Waals surface area contributed by atoms with Crippen molar-refractivity contribution in [2.45, 2.75) is 50.6 Å². The third-order valence-electron chi connectivity index (χ3n) is 5.29. The zero-order chi connectivity index (χ0) is 20.9. The van der Waals surface area contributed by atoms with E-state index < -0.39 is 35.9 Å². The lowest BCUT2D eigenvalue weighted by Gasteiger charge is -2.30. The van der Waals surface area contributed by atoms with Crippen molar-refractivity contribution in [3.63, 3.8) is 0 Å². The van der Waals surface area contributed by atoms with Crippen molar-refractivity contribution in [1.82, 2.24) is 15.5 Å². The average Bonchev–Trinajstić information content (AvgIpc) is 2.93. The first-order valence-electron chi connectivity index (χ1n) is 9.71. The maximum atomic E-state index is 13.5. The first-order chi connectivity index (χ1) is 13.9. The highest BCUT2D eigenvalue weighted by Gasteiger charge is 2.51. The zero-order valence-electron chi connectivity index (χ0n) is 16.0. The van der Waals surface area contributed by atoms with Crippen LogP contribution in [0.2, 0.25) is 0 Å². The van der Waals surface area contributed by atoms with Crippen molar-refractivity contribution in [2.24, 2.45) is 0 Å². The third-order valence-corrected chi connectivity index (χ3v) is 5.29. The Labute approximate surface area is 167 Å². The van der Waals surface area contributed by atoms with Crippen LogP contribution in [0.3, 0.4) is 0 Å². The lowest BCUT2D eigenvalue weighted by Crippen LogP contribution is -2.48. The van der Waals surface area contributed by atoms with Crippen LogP contribution in [0, 0.1) is 5.82 Å². The number of nitrogens with zero attached hydrogens (tertiary/aromatic N) is 1. The number of urea groups is 1. The maximum Gasteiger partial charge on any atom is 0.325 e. The number of carbonyl (C=O) groups is 4. The molecule has 2 N–H and O–H groups in total. The summed E-state index contributed by atoms with van der Waals surface area (Å²) in [6.45, 7) is -0.632. The molecule has 1 aromatic rings. The first kappa shape index (κ1) is 20.8. The molecule has 1 aliphatic carbocycles. The second-order valence-corrected chi connectivity index (χ2v) is 7.31. The molecule has 1 saturated carbocycles. The SMILES string of the molecule is O=C(COC(=O)CCN1C(=O)NC2(CCCCC2)C1=O)NCc1ccccc1F. The van der Waals surface area contributed by atoms with Gasteiger partial charge in [0.25, 0.3) is 11.8 Å². The topological polar surface area (TPSA) is 105 Å². The summed E-state index contributed by atoms with van der Waals surface area (Å²) in [4.78, 5) is 49.4. The molecule has 1 aliphatic heterocycles. The lowest BCUT2D eigenvalue weighted by molar-refractivity contribution is -0.149. The van der Waals surface area contributed by atoms with Crippen LogP contribution in [-0.4, -0.2) is 47.4 Å². The standard InChI is InChI=1S/C20H24FN3O5/c21-15-7-3-2-6-14(15)12-22-16(25)13-29-17(26)8-11-24-18(27)20(23-19(24)28)9-4-1-5-10-20/h2-3,6-7H,1,4-5,8-13H2,(H,22,25)(H,23,28). The summed E-state index contributed by atoms with van der Waals surface area (Å²) >= 11 is 0. The summed E-state index contributed by atoms with van der Waals surface area (Å²) in [5.41, 5.74) is -0.506. The van der Waals surface area contributed by atoms with Crippen molar-refractivity contribution < 1.29 is 28.3 Å². The number of hydrogen-bond donors (Lipinski definition) is 2. The smallest absolute Gasteiger partial charge is 0.325 e. The minimum absolute atomic E-state index is 0.0202. The van der Waals surface area contributed by atoms with Gasteiger partial charge in [0.2, 0.25) is 0 Å². The normalized spacial score (nSPS) is 17.9. The molecule has 0 radical (unpaired) electrons. The van der Waals surface area contributed by atoms with Crippen LogP contribution < -0.4 is 10.6 Å². The Morgan fingerprint density at radius 1 is 1.17 bits per heavy atom. The van der Waals surface area contributed by atoms with Crippen molar-refractivity contribution in [3.05, 3.63) is 35.6 Å². The van der Waals surface area contributed by atoms with Gasteiger partial charge in [0.15, 0.2) is 6.61 Å². The fraction of sp³-hybridized carbons (Fsp3) is 0.500. The number of esters is 1. The van der Waals surface area contributed by atoms with Gasteiger partial charge in [-0.15, -0.1) is 0 Å². The number of halogens is 1. The van der Waals surface area contributed by atoms with E-state index in [1.165, 1.54) is 6.07 Å². The third kappa shape index (κ3) is 4.90. The molecule has 1 heterocycles. The minimum Gasteiger partial charge on any atom is -0.456 e. The van der Waals surface area contributed by atoms with Gasteiger partial charge in [-0.3, -0.25) is 19.3 Å². The number of amides is 4. The van der Waals surface area contributed by atoms with Gasteiger partial charge in [-0.05, 0) is 18.9 Å². The van der Waals surface area contributed by atoms with Gasteiger partial charge in [-0.1, -0.05) is 37.5 Å².